The summed E-state index contributed by atoms with van der Waals surface area (Å²) in [5.74, 6) is 1.52. The number of para-hydroxylation sites is 3. The number of nitriles is 1. The zero-order valence-electron chi connectivity index (χ0n) is 18.2. The minimum absolute atomic E-state index is 0.0229. The lowest BCUT2D eigenvalue weighted by molar-refractivity contribution is -0.117. The maximum Gasteiger partial charge on any atom is 0.262 e. The summed E-state index contributed by atoms with van der Waals surface area (Å²) in [6.45, 7) is 1.23. The Labute approximate surface area is 191 Å². The van der Waals surface area contributed by atoms with E-state index < -0.39 is 5.91 Å². The van der Waals surface area contributed by atoms with Crippen molar-refractivity contribution in [2.45, 2.75) is 13.1 Å². The normalized spacial score (nSPS) is 11.2. The van der Waals surface area contributed by atoms with Gasteiger partial charge in [0.25, 0.3) is 5.91 Å². The highest BCUT2D eigenvalue weighted by molar-refractivity contribution is 6.04. The molecule has 2 aromatic carbocycles. The van der Waals surface area contributed by atoms with Crippen molar-refractivity contribution in [3.8, 4) is 17.6 Å². The van der Waals surface area contributed by atoms with Gasteiger partial charge in [-0.25, -0.2) is 0 Å². The van der Waals surface area contributed by atoms with Crippen LogP contribution in [0.1, 0.15) is 11.3 Å². The molecule has 166 valence electrons. The van der Waals surface area contributed by atoms with Gasteiger partial charge in [0.2, 0.25) is 0 Å². The van der Waals surface area contributed by atoms with Crippen LogP contribution < -0.4 is 14.8 Å². The average molecular weight is 441 g/mol. The van der Waals surface area contributed by atoms with E-state index >= 15 is 0 Å². The highest BCUT2D eigenvalue weighted by Gasteiger charge is 2.13. The largest absolute Gasteiger partial charge is 0.493 e. The fraction of sp³-hybridized carbons (Fsp3) is 0.154. The minimum atomic E-state index is -0.453. The first-order valence-electron chi connectivity index (χ1n) is 10.5. The molecule has 2 heterocycles. The summed E-state index contributed by atoms with van der Waals surface area (Å²) in [6, 6.07) is 20.9. The number of fused-ring (bicyclic) bond motifs is 1. The van der Waals surface area contributed by atoms with E-state index in [4.69, 9.17) is 13.9 Å². The van der Waals surface area contributed by atoms with Crippen LogP contribution in [0.25, 0.3) is 17.0 Å². The Bertz CT molecular complexity index is 1310. The SMILES string of the molecule is COc1ccccc1OCCn1cc(/C=C(\C#N)C(=O)NCc2ccco2)c2ccccc21. The number of hydrogen-bond acceptors (Lipinski definition) is 5. The second kappa shape index (κ2) is 10.2. The molecule has 0 unspecified atom stereocenters. The maximum atomic E-state index is 12.5. The molecule has 33 heavy (non-hydrogen) atoms. The number of amides is 1. The number of methoxy groups -OCH3 is 1. The number of ether oxygens (including phenoxy) is 2. The van der Waals surface area contributed by atoms with E-state index in [1.54, 1.807) is 25.3 Å². The third-order valence-corrected chi connectivity index (χ3v) is 5.15. The molecule has 0 saturated heterocycles. The minimum Gasteiger partial charge on any atom is -0.493 e. The van der Waals surface area contributed by atoms with E-state index in [-0.39, 0.29) is 12.1 Å². The smallest absolute Gasteiger partial charge is 0.262 e. The second-order valence-electron chi connectivity index (χ2n) is 7.23. The summed E-state index contributed by atoms with van der Waals surface area (Å²) in [7, 11) is 1.61. The molecule has 0 fully saturated rings. The monoisotopic (exact) mass is 441 g/mol. The van der Waals surface area contributed by atoms with Crippen molar-refractivity contribution in [2.75, 3.05) is 13.7 Å². The highest BCUT2D eigenvalue weighted by Crippen LogP contribution is 2.27. The molecule has 0 radical (unpaired) electrons. The van der Waals surface area contributed by atoms with Crippen molar-refractivity contribution in [3.05, 3.63) is 90.0 Å². The van der Waals surface area contributed by atoms with Gasteiger partial charge in [0.05, 0.1) is 26.5 Å². The van der Waals surface area contributed by atoms with Crippen LogP contribution in [-0.4, -0.2) is 24.2 Å². The summed E-state index contributed by atoms with van der Waals surface area (Å²) < 4.78 is 18.5. The first kappa shape index (κ1) is 21.8. The Morgan fingerprint density at radius 2 is 1.91 bits per heavy atom. The van der Waals surface area contributed by atoms with Gasteiger partial charge in [-0.3, -0.25) is 4.79 Å². The molecule has 7 heteroatoms. The quantitative estimate of drug-likeness (QED) is 0.304. The van der Waals surface area contributed by atoms with Gasteiger partial charge in [0.15, 0.2) is 11.5 Å². The van der Waals surface area contributed by atoms with Crippen LogP contribution >= 0.6 is 0 Å². The van der Waals surface area contributed by atoms with Crippen LogP contribution in [0, 0.1) is 11.3 Å². The lowest BCUT2D eigenvalue weighted by Gasteiger charge is -2.11. The maximum absolute atomic E-state index is 12.5. The van der Waals surface area contributed by atoms with Gasteiger partial charge >= 0.3 is 0 Å². The van der Waals surface area contributed by atoms with E-state index in [0.717, 1.165) is 16.5 Å². The molecule has 7 nitrogen and oxygen atoms in total. The van der Waals surface area contributed by atoms with Crippen molar-refractivity contribution in [1.82, 2.24) is 9.88 Å². The molecule has 4 rings (SSSR count). The van der Waals surface area contributed by atoms with Gasteiger partial charge in [-0.1, -0.05) is 30.3 Å². The van der Waals surface area contributed by atoms with Crippen LogP contribution in [-0.2, 0) is 17.9 Å². The Hall–Kier alpha value is -4.44. The second-order valence-corrected chi connectivity index (χ2v) is 7.23. The molecule has 0 spiro atoms. The first-order valence-corrected chi connectivity index (χ1v) is 10.5. The summed E-state index contributed by atoms with van der Waals surface area (Å²) >= 11 is 0. The molecular weight excluding hydrogens is 418 g/mol. The third-order valence-electron chi connectivity index (χ3n) is 5.15. The number of rotatable bonds is 9. The van der Waals surface area contributed by atoms with Crippen molar-refractivity contribution in [3.63, 3.8) is 0 Å². The number of carbonyl (C=O) groups is 1. The number of furan rings is 1. The molecule has 1 amide bonds. The van der Waals surface area contributed by atoms with Crippen LogP contribution in [0.3, 0.4) is 0 Å². The van der Waals surface area contributed by atoms with E-state index in [2.05, 4.69) is 5.32 Å². The number of hydrogen-bond donors (Lipinski definition) is 1. The van der Waals surface area contributed by atoms with Crippen molar-refractivity contribution < 1.29 is 18.7 Å². The lowest BCUT2D eigenvalue weighted by atomic mass is 10.1. The molecule has 0 atom stereocenters. The van der Waals surface area contributed by atoms with E-state index in [0.29, 0.717) is 30.4 Å². The Morgan fingerprint density at radius 1 is 1.12 bits per heavy atom. The van der Waals surface area contributed by atoms with Crippen LogP contribution in [0.5, 0.6) is 11.5 Å². The number of nitrogens with zero attached hydrogens (tertiary/aromatic N) is 2. The van der Waals surface area contributed by atoms with Gasteiger partial charge in [-0.05, 0) is 36.4 Å². The third kappa shape index (κ3) is 5.08. The molecule has 0 aliphatic heterocycles. The van der Waals surface area contributed by atoms with Crippen LogP contribution in [0.2, 0.25) is 0 Å². The Morgan fingerprint density at radius 3 is 2.67 bits per heavy atom. The molecule has 0 aliphatic rings. The van der Waals surface area contributed by atoms with Crippen molar-refractivity contribution in [2.24, 2.45) is 0 Å². The molecule has 0 bridgehead atoms. The summed E-state index contributed by atoms with van der Waals surface area (Å²) in [6.07, 6.45) is 5.07. The summed E-state index contributed by atoms with van der Waals surface area (Å²) in [5.41, 5.74) is 1.79. The number of carbonyl (C=O) groups excluding carboxylic acids is 1. The fourth-order valence-corrected chi connectivity index (χ4v) is 3.55. The Kier molecular flexibility index (Phi) is 6.76. The predicted octanol–water partition coefficient (Wildman–Crippen LogP) is 4.55. The lowest BCUT2D eigenvalue weighted by Crippen LogP contribution is -2.23. The average Bonchev–Trinajstić information content (AvgIpc) is 3.50. The molecule has 0 saturated carbocycles. The van der Waals surface area contributed by atoms with Crippen LogP contribution in [0.15, 0.2) is 83.1 Å². The van der Waals surface area contributed by atoms with Gasteiger partial charge < -0.3 is 23.8 Å². The van der Waals surface area contributed by atoms with Crippen LogP contribution in [0.4, 0.5) is 0 Å². The predicted molar refractivity (Wildman–Crippen MR) is 125 cm³/mol. The first-order chi connectivity index (χ1) is 16.2. The highest BCUT2D eigenvalue weighted by atomic mass is 16.5. The summed E-state index contributed by atoms with van der Waals surface area (Å²) in [5, 5.41) is 13.2. The van der Waals surface area contributed by atoms with Gasteiger partial charge in [-0.2, -0.15) is 5.26 Å². The zero-order valence-corrected chi connectivity index (χ0v) is 18.2. The fourth-order valence-electron chi connectivity index (χ4n) is 3.55. The number of benzene rings is 2. The standard InChI is InChI=1S/C26H23N3O4/c1-31-24-10-4-5-11-25(24)33-14-12-29-18-20(22-8-2-3-9-23(22)29)15-19(16-27)26(30)28-17-21-7-6-13-32-21/h2-11,13,15,18H,12,14,17H2,1H3,(H,28,30)/b19-15+. The van der Waals surface area contributed by atoms with E-state index in [1.807, 2.05) is 65.4 Å². The number of aromatic nitrogens is 1. The summed E-state index contributed by atoms with van der Waals surface area (Å²) in [4.78, 5) is 12.5. The Balaban J connectivity index is 1.52. The zero-order chi connectivity index (χ0) is 23.0. The molecule has 4 aromatic rings. The van der Waals surface area contributed by atoms with E-state index in [9.17, 15) is 10.1 Å². The molecule has 1 N–H and O–H groups in total. The van der Waals surface area contributed by atoms with Gasteiger partial charge in [-0.15, -0.1) is 0 Å². The van der Waals surface area contributed by atoms with Crippen molar-refractivity contribution >= 4 is 22.9 Å². The topological polar surface area (TPSA) is 89.4 Å². The molecular formula is C26H23N3O4. The number of nitrogens with one attached hydrogen (secondary N) is 1. The van der Waals surface area contributed by atoms with Gasteiger partial charge in [0, 0.05) is 22.7 Å². The van der Waals surface area contributed by atoms with Crippen molar-refractivity contribution in [1.29, 1.82) is 5.26 Å². The van der Waals surface area contributed by atoms with E-state index in [1.165, 1.54) is 6.26 Å². The van der Waals surface area contributed by atoms with Gasteiger partial charge in [0.1, 0.15) is 24.0 Å². The molecule has 0 aliphatic carbocycles. The molecule has 2 aromatic heterocycles.